The number of carbonyl (C=O) groups excluding carboxylic acids is 1. The lowest BCUT2D eigenvalue weighted by atomic mass is 10.2. The van der Waals surface area contributed by atoms with Crippen molar-refractivity contribution in [3.63, 3.8) is 0 Å². The molecule has 3 aromatic heterocycles. The van der Waals surface area contributed by atoms with Crippen LogP contribution in [0.1, 0.15) is 35.3 Å². The van der Waals surface area contributed by atoms with Gasteiger partial charge in [-0.05, 0) is 61.4 Å². The highest BCUT2D eigenvalue weighted by molar-refractivity contribution is 7.89. The third kappa shape index (κ3) is 5.58. The van der Waals surface area contributed by atoms with E-state index >= 15 is 0 Å². The van der Waals surface area contributed by atoms with Crippen molar-refractivity contribution in [1.82, 2.24) is 24.1 Å². The largest absolute Gasteiger partial charge is 0.433 e. The molecule has 1 fully saturated rings. The molecule has 5 rings (SSSR count). The Kier molecular flexibility index (Phi) is 7.38. The monoisotopic (exact) mass is 574 g/mol. The Balaban J connectivity index is 1.38. The van der Waals surface area contributed by atoms with E-state index in [1.165, 1.54) is 28.8 Å². The van der Waals surface area contributed by atoms with Gasteiger partial charge in [0.2, 0.25) is 10.0 Å². The normalized spacial score (nSPS) is 14.7. The van der Waals surface area contributed by atoms with Crippen LogP contribution in [-0.2, 0) is 16.2 Å². The van der Waals surface area contributed by atoms with Gasteiger partial charge in [-0.25, -0.2) is 22.5 Å². The lowest BCUT2D eigenvalue weighted by molar-refractivity contribution is -0.142. The van der Waals surface area contributed by atoms with Gasteiger partial charge in [-0.15, -0.1) is 0 Å². The highest BCUT2D eigenvalue weighted by Crippen LogP contribution is 2.34. The van der Waals surface area contributed by atoms with E-state index in [0.29, 0.717) is 23.1 Å². The Morgan fingerprint density at radius 2 is 1.75 bits per heavy atom. The molecule has 40 heavy (non-hydrogen) atoms. The highest BCUT2D eigenvalue weighted by atomic mass is 32.2. The average Bonchev–Trinajstić information content (AvgIpc) is 3.41. The van der Waals surface area contributed by atoms with Crippen LogP contribution < -0.4 is 5.32 Å². The van der Waals surface area contributed by atoms with Crippen LogP contribution in [0.4, 0.5) is 23.4 Å². The van der Waals surface area contributed by atoms with Gasteiger partial charge in [0.1, 0.15) is 22.2 Å². The number of sulfonamides is 1. The van der Waals surface area contributed by atoms with Crippen molar-refractivity contribution in [2.75, 3.05) is 18.4 Å². The number of piperidine rings is 1. The van der Waals surface area contributed by atoms with Crippen molar-refractivity contribution in [1.29, 1.82) is 0 Å². The van der Waals surface area contributed by atoms with Gasteiger partial charge in [0.05, 0.1) is 17.6 Å². The van der Waals surface area contributed by atoms with Crippen molar-refractivity contribution < 1.29 is 30.8 Å². The van der Waals surface area contributed by atoms with Crippen LogP contribution in [0, 0.1) is 5.82 Å². The first-order chi connectivity index (χ1) is 19.0. The number of nitrogens with one attached hydrogen (secondary N) is 1. The molecular formula is C26H22F4N6O3S. The molecule has 0 atom stereocenters. The zero-order chi connectivity index (χ0) is 28.5. The van der Waals surface area contributed by atoms with Gasteiger partial charge in [-0.3, -0.25) is 9.78 Å². The van der Waals surface area contributed by atoms with Gasteiger partial charge in [-0.2, -0.15) is 22.6 Å². The number of hydrogen-bond donors (Lipinski definition) is 1. The summed E-state index contributed by atoms with van der Waals surface area (Å²) >= 11 is 0. The number of anilines is 1. The minimum absolute atomic E-state index is 0.0165. The number of nitrogens with zero attached hydrogens (tertiary/aromatic N) is 5. The Bertz CT molecular complexity index is 1640. The van der Waals surface area contributed by atoms with Gasteiger partial charge in [-0.1, -0.05) is 6.42 Å². The minimum Gasteiger partial charge on any atom is -0.307 e. The summed E-state index contributed by atoms with van der Waals surface area (Å²) in [5, 5.41) is 6.52. The molecule has 4 aromatic rings. The van der Waals surface area contributed by atoms with Crippen LogP contribution >= 0.6 is 0 Å². The van der Waals surface area contributed by atoms with E-state index in [2.05, 4.69) is 20.4 Å². The molecule has 14 heteroatoms. The lowest BCUT2D eigenvalue weighted by Gasteiger charge is -2.26. The predicted octanol–water partition coefficient (Wildman–Crippen LogP) is 4.91. The molecular weight excluding hydrogens is 552 g/mol. The number of hydrogen-bond acceptors (Lipinski definition) is 6. The molecule has 1 aliphatic heterocycles. The van der Waals surface area contributed by atoms with Crippen LogP contribution in [0.15, 0.2) is 72.0 Å². The molecule has 1 aromatic carbocycles. The van der Waals surface area contributed by atoms with Gasteiger partial charge in [0.25, 0.3) is 5.91 Å². The number of halogens is 4. The Morgan fingerprint density at radius 3 is 2.40 bits per heavy atom. The smallest absolute Gasteiger partial charge is 0.307 e. The molecule has 1 N–H and O–H groups in total. The second-order valence-electron chi connectivity index (χ2n) is 9.03. The number of aromatic nitrogens is 4. The highest BCUT2D eigenvalue weighted by Gasteiger charge is 2.36. The third-order valence-corrected chi connectivity index (χ3v) is 8.23. The van der Waals surface area contributed by atoms with E-state index in [0.717, 1.165) is 36.9 Å². The van der Waals surface area contributed by atoms with E-state index in [1.807, 2.05) is 0 Å². The fourth-order valence-corrected chi connectivity index (χ4v) is 5.90. The molecule has 0 radical (unpaired) electrons. The summed E-state index contributed by atoms with van der Waals surface area (Å²) < 4.78 is 83.5. The summed E-state index contributed by atoms with van der Waals surface area (Å²) in [6.45, 7) is 0.537. The molecule has 4 heterocycles. The lowest BCUT2D eigenvalue weighted by Crippen LogP contribution is -2.36. The summed E-state index contributed by atoms with van der Waals surface area (Å²) in [6, 6.07) is 9.61. The maximum Gasteiger partial charge on any atom is 0.433 e. The SMILES string of the molecule is O=C(Nc1ccc(-n2nc(-c3cccnc3)cc2C(F)(F)F)cn1)c1ccc(F)c(S(=O)(=O)N2CCCCC2)c1. The zero-order valence-electron chi connectivity index (χ0n) is 20.8. The molecule has 1 aliphatic rings. The number of pyridine rings is 2. The molecule has 0 saturated carbocycles. The summed E-state index contributed by atoms with van der Waals surface area (Å²) in [7, 11) is -4.13. The Labute approximate surface area is 226 Å². The maximum atomic E-state index is 14.5. The standard InChI is InChI=1S/C26H22F4N6O3S/c27-20-8-6-17(13-22(20)40(38,39)35-11-2-1-3-12-35)25(37)33-24-9-7-19(16-32-24)36-23(26(28,29)30)14-21(34-36)18-5-4-10-31-15-18/h4-10,13-16H,1-3,11-12H2,(H,32,33,37). The van der Waals surface area contributed by atoms with Crippen molar-refractivity contribution in [3.8, 4) is 16.9 Å². The predicted molar refractivity (Wildman–Crippen MR) is 137 cm³/mol. The van der Waals surface area contributed by atoms with Crippen LogP contribution in [-0.4, -0.2) is 51.5 Å². The first-order valence-corrected chi connectivity index (χ1v) is 13.6. The molecule has 1 amide bonds. The number of amides is 1. The second-order valence-corrected chi connectivity index (χ2v) is 10.9. The van der Waals surface area contributed by atoms with Crippen molar-refractivity contribution in [2.45, 2.75) is 30.3 Å². The van der Waals surface area contributed by atoms with E-state index in [1.54, 1.807) is 12.1 Å². The van der Waals surface area contributed by atoms with Crippen LogP contribution in [0.2, 0.25) is 0 Å². The summed E-state index contributed by atoms with van der Waals surface area (Å²) in [4.78, 5) is 20.1. The van der Waals surface area contributed by atoms with E-state index in [-0.39, 0.29) is 35.9 Å². The zero-order valence-corrected chi connectivity index (χ0v) is 21.6. The molecule has 0 aliphatic carbocycles. The molecule has 9 nitrogen and oxygen atoms in total. The van der Waals surface area contributed by atoms with E-state index < -0.39 is 38.5 Å². The number of benzene rings is 1. The quantitative estimate of drug-likeness (QED) is 0.328. The molecule has 0 spiro atoms. The summed E-state index contributed by atoms with van der Waals surface area (Å²) in [5.74, 6) is -1.77. The first kappa shape index (κ1) is 27.4. The molecule has 0 bridgehead atoms. The van der Waals surface area contributed by atoms with Gasteiger partial charge < -0.3 is 5.32 Å². The summed E-state index contributed by atoms with van der Waals surface area (Å²) in [5.41, 5.74) is -0.722. The van der Waals surface area contributed by atoms with E-state index in [9.17, 15) is 30.8 Å². The second kappa shape index (κ2) is 10.8. The average molecular weight is 575 g/mol. The number of rotatable bonds is 6. The Morgan fingerprint density at radius 1 is 0.975 bits per heavy atom. The molecule has 0 unspecified atom stereocenters. The van der Waals surface area contributed by atoms with Crippen molar-refractivity contribution >= 4 is 21.7 Å². The first-order valence-electron chi connectivity index (χ1n) is 12.2. The van der Waals surface area contributed by atoms with Gasteiger partial charge >= 0.3 is 6.18 Å². The molecule has 208 valence electrons. The third-order valence-electron chi connectivity index (χ3n) is 6.32. The van der Waals surface area contributed by atoms with Crippen molar-refractivity contribution in [2.24, 2.45) is 0 Å². The maximum absolute atomic E-state index is 14.5. The topological polar surface area (TPSA) is 110 Å². The number of alkyl halides is 3. The van der Waals surface area contributed by atoms with Crippen LogP contribution in [0.5, 0.6) is 0 Å². The Hall–Kier alpha value is -4.17. The van der Waals surface area contributed by atoms with Crippen LogP contribution in [0.3, 0.4) is 0 Å². The van der Waals surface area contributed by atoms with Crippen LogP contribution in [0.25, 0.3) is 16.9 Å². The number of carbonyl (C=O) groups is 1. The van der Waals surface area contributed by atoms with E-state index in [4.69, 9.17) is 0 Å². The van der Waals surface area contributed by atoms with Gasteiger partial charge in [0, 0.05) is 36.6 Å². The van der Waals surface area contributed by atoms with Crippen molar-refractivity contribution in [3.05, 3.63) is 84.2 Å². The molecule has 1 saturated heterocycles. The summed E-state index contributed by atoms with van der Waals surface area (Å²) in [6.07, 6.45) is 1.47. The fraction of sp³-hybridized carbons (Fsp3) is 0.231. The minimum atomic E-state index is -4.71. The fourth-order valence-electron chi connectivity index (χ4n) is 4.30. The van der Waals surface area contributed by atoms with Gasteiger partial charge in [0.15, 0.2) is 0 Å².